The fourth-order valence-corrected chi connectivity index (χ4v) is 2.27. The monoisotopic (exact) mass is 278 g/mol. The Morgan fingerprint density at radius 2 is 2.05 bits per heavy atom. The van der Waals surface area contributed by atoms with Crippen LogP contribution in [-0.4, -0.2) is 0 Å². The summed E-state index contributed by atoms with van der Waals surface area (Å²) >= 11 is 5.96. The van der Waals surface area contributed by atoms with Crippen LogP contribution >= 0.6 is 11.6 Å². The third-order valence-corrected chi connectivity index (χ3v) is 3.35. The smallest absolute Gasteiger partial charge is 0.126 e. The van der Waals surface area contributed by atoms with E-state index in [9.17, 15) is 4.39 Å². The lowest BCUT2D eigenvalue weighted by atomic mass is 9.98. The molecule has 3 N–H and O–H groups in total. The van der Waals surface area contributed by atoms with Gasteiger partial charge in [0.15, 0.2) is 0 Å². The van der Waals surface area contributed by atoms with Gasteiger partial charge in [0.2, 0.25) is 0 Å². The number of nitrogens with two attached hydrogens (primary N) is 1. The maximum atomic E-state index is 13.3. The molecule has 19 heavy (non-hydrogen) atoms. The Morgan fingerprint density at radius 1 is 1.26 bits per heavy atom. The topological polar surface area (TPSA) is 38.0 Å². The van der Waals surface area contributed by atoms with Crippen molar-refractivity contribution in [3.05, 3.63) is 70.0 Å². The normalized spacial score (nSPS) is 12.4. The van der Waals surface area contributed by atoms with E-state index < -0.39 is 0 Å². The molecule has 2 rings (SSSR count). The maximum Gasteiger partial charge on any atom is 0.126 e. The standard InChI is InChI=1S/C15H16ClFN2/c1-10-7-12(5-6-14(10)17)15(19-18)9-11-3-2-4-13(16)8-11/h2-8,15,19H,9,18H2,1H3. The average molecular weight is 279 g/mol. The number of hydrazine groups is 1. The van der Waals surface area contributed by atoms with Gasteiger partial charge in [0.05, 0.1) is 0 Å². The summed E-state index contributed by atoms with van der Waals surface area (Å²) in [4.78, 5) is 0. The number of benzene rings is 2. The van der Waals surface area contributed by atoms with Gasteiger partial charge in [-0.05, 0) is 48.2 Å². The van der Waals surface area contributed by atoms with Gasteiger partial charge in [0.1, 0.15) is 5.82 Å². The van der Waals surface area contributed by atoms with E-state index >= 15 is 0 Å². The van der Waals surface area contributed by atoms with Gasteiger partial charge in [-0.2, -0.15) is 0 Å². The second-order valence-electron chi connectivity index (χ2n) is 4.56. The Bertz CT molecular complexity index is 572. The zero-order valence-corrected chi connectivity index (χ0v) is 11.4. The Morgan fingerprint density at radius 3 is 2.68 bits per heavy atom. The minimum absolute atomic E-state index is 0.0715. The molecule has 0 aromatic heterocycles. The number of aryl methyl sites for hydroxylation is 1. The van der Waals surface area contributed by atoms with Crippen molar-refractivity contribution in [1.82, 2.24) is 5.43 Å². The van der Waals surface area contributed by atoms with Crippen molar-refractivity contribution in [3.8, 4) is 0 Å². The van der Waals surface area contributed by atoms with Gasteiger partial charge < -0.3 is 0 Å². The zero-order valence-electron chi connectivity index (χ0n) is 10.7. The summed E-state index contributed by atoms with van der Waals surface area (Å²) in [5, 5.41) is 0.698. The van der Waals surface area contributed by atoms with Gasteiger partial charge >= 0.3 is 0 Å². The molecule has 0 aliphatic rings. The summed E-state index contributed by atoms with van der Waals surface area (Å²) in [5.41, 5.74) is 5.42. The quantitative estimate of drug-likeness (QED) is 0.663. The maximum absolute atomic E-state index is 13.3. The molecule has 0 aliphatic heterocycles. The highest BCUT2D eigenvalue weighted by molar-refractivity contribution is 6.30. The van der Waals surface area contributed by atoms with E-state index in [1.54, 1.807) is 13.0 Å². The average Bonchev–Trinajstić information content (AvgIpc) is 2.39. The number of rotatable bonds is 4. The van der Waals surface area contributed by atoms with Crippen LogP contribution in [0, 0.1) is 12.7 Å². The van der Waals surface area contributed by atoms with Crippen LogP contribution in [-0.2, 0) is 6.42 Å². The first-order valence-electron chi connectivity index (χ1n) is 6.07. The Kier molecular flexibility index (Phi) is 4.53. The molecule has 0 heterocycles. The van der Waals surface area contributed by atoms with Gasteiger partial charge in [0, 0.05) is 11.1 Å². The molecular weight excluding hydrogens is 263 g/mol. The number of hydrogen-bond acceptors (Lipinski definition) is 2. The van der Waals surface area contributed by atoms with Crippen LogP contribution in [0.4, 0.5) is 4.39 Å². The zero-order chi connectivity index (χ0) is 13.8. The summed E-state index contributed by atoms with van der Waals surface area (Å²) in [6.07, 6.45) is 0.697. The van der Waals surface area contributed by atoms with Crippen LogP contribution < -0.4 is 11.3 Å². The molecule has 0 amide bonds. The van der Waals surface area contributed by atoms with Crippen molar-refractivity contribution in [2.75, 3.05) is 0 Å². The van der Waals surface area contributed by atoms with Gasteiger partial charge in [-0.1, -0.05) is 35.9 Å². The van der Waals surface area contributed by atoms with Crippen molar-refractivity contribution < 1.29 is 4.39 Å². The van der Waals surface area contributed by atoms with Crippen LogP contribution in [0.5, 0.6) is 0 Å². The van der Waals surface area contributed by atoms with Gasteiger partial charge in [0.25, 0.3) is 0 Å². The van der Waals surface area contributed by atoms with E-state index in [0.717, 1.165) is 11.1 Å². The minimum Gasteiger partial charge on any atom is -0.271 e. The predicted octanol–water partition coefficient (Wildman–Crippen LogP) is 3.53. The minimum atomic E-state index is -0.206. The molecule has 0 fully saturated rings. The molecule has 0 bridgehead atoms. The molecular formula is C15H16ClFN2. The van der Waals surface area contributed by atoms with E-state index in [1.807, 2.05) is 30.3 Å². The van der Waals surface area contributed by atoms with E-state index in [-0.39, 0.29) is 11.9 Å². The molecule has 1 unspecified atom stereocenters. The summed E-state index contributed by atoms with van der Waals surface area (Å²) in [6.45, 7) is 1.74. The summed E-state index contributed by atoms with van der Waals surface area (Å²) in [5.74, 6) is 5.40. The first-order valence-corrected chi connectivity index (χ1v) is 6.44. The third-order valence-electron chi connectivity index (χ3n) is 3.11. The van der Waals surface area contributed by atoms with E-state index in [2.05, 4.69) is 5.43 Å². The molecule has 100 valence electrons. The van der Waals surface area contributed by atoms with Crippen molar-refractivity contribution >= 4 is 11.6 Å². The summed E-state index contributed by atoms with van der Waals surface area (Å²) in [7, 11) is 0. The molecule has 2 nitrogen and oxygen atoms in total. The highest BCUT2D eigenvalue weighted by atomic mass is 35.5. The Labute approximate surface area is 117 Å². The van der Waals surface area contributed by atoms with Gasteiger partial charge in [-0.15, -0.1) is 0 Å². The van der Waals surface area contributed by atoms with Crippen molar-refractivity contribution in [2.24, 2.45) is 5.84 Å². The number of nitrogens with one attached hydrogen (secondary N) is 1. The number of hydrogen-bond donors (Lipinski definition) is 2. The summed E-state index contributed by atoms with van der Waals surface area (Å²) < 4.78 is 13.3. The van der Waals surface area contributed by atoms with Crippen LogP contribution in [0.15, 0.2) is 42.5 Å². The molecule has 0 aliphatic carbocycles. The molecule has 0 saturated carbocycles. The lowest BCUT2D eigenvalue weighted by Gasteiger charge is -2.17. The highest BCUT2D eigenvalue weighted by Gasteiger charge is 2.12. The van der Waals surface area contributed by atoms with Crippen molar-refractivity contribution in [1.29, 1.82) is 0 Å². The third kappa shape index (κ3) is 3.53. The molecule has 2 aromatic carbocycles. The van der Waals surface area contributed by atoms with Crippen LogP contribution in [0.3, 0.4) is 0 Å². The lowest BCUT2D eigenvalue weighted by Crippen LogP contribution is -2.29. The molecule has 0 saturated heterocycles. The van der Waals surface area contributed by atoms with Crippen LogP contribution in [0.1, 0.15) is 22.7 Å². The molecule has 0 spiro atoms. The van der Waals surface area contributed by atoms with Crippen LogP contribution in [0.25, 0.3) is 0 Å². The Hall–Kier alpha value is -1.42. The predicted molar refractivity (Wildman–Crippen MR) is 76.4 cm³/mol. The second kappa shape index (κ2) is 6.15. The first-order chi connectivity index (χ1) is 9.10. The number of halogens is 2. The van der Waals surface area contributed by atoms with E-state index in [4.69, 9.17) is 17.4 Å². The molecule has 4 heteroatoms. The largest absolute Gasteiger partial charge is 0.271 e. The van der Waals surface area contributed by atoms with E-state index in [0.29, 0.717) is 17.0 Å². The highest BCUT2D eigenvalue weighted by Crippen LogP contribution is 2.21. The van der Waals surface area contributed by atoms with Gasteiger partial charge in [-0.3, -0.25) is 11.3 Å². The van der Waals surface area contributed by atoms with Crippen molar-refractivity contribution in [2.45, 2.75) is 19.4 Å². The molecule has 1 atom stereocenters. The SMILES string of the molecule is Cc1cc(C(Cc2cccc(Cl)c2)NN)ccc1F. The molecule has 2 aromatic rings. The molecule has 0 radical (unpaired) electrons. The fourth-order valence-electron chi connectivity index (χ4n) is 2.06. The second-order valence-corrected chi connectivity index (χ2v) is 5.00. The van der Waals surface area contributed by atoms with E-state index in [1.165, 1.54) is 6.07 Å². The first kappa shape index (κ1) is 14.0. The fraction of sp³-hybridized carbons (Fsp3) is 0.200. The Balaban J connectivity index is 2.22. The summed E-state index contributed by atoms with van der Waals surface area (Å²) in [6, 6.07) is 12.6. The van der Waals surface area contributed by atoms with Crippen molar-refractivity contribution in [3.63, 3.8) is 0 Å². The van der Waals surface area contributed by atoms with Crippen LogP contribution in [0.2, 0.25) is 5.02 Å². The van der Waals surface area contributed by atoms with Gasteiger partial charge in [-0.25, -0.2) is 4.39 Å². The lowest BCUT2D eigenvalue weighted by molar-refractivity contribution is 0.548.